The predicted octanol–water partition coefficient (Wildman–Crippen LogP) is 6.78. The van der Waals surface area contributed by atoms with Crippen molar-refractivity contribution >= 4 is 52.2 Å². The van der Waals surface area contributed by atoms with Crippen LogP contribution in [0, 0.1) is 5.82 Å². The molecule has 0 saturated carbocycles. The maximum atomic E-state index is 13.5. The number of hydrogen-bond acceptors (Lipinski definition) is 6. The van der Waals surface area contributed by atoms with Gasteiger partial charge in [-0.25, -0.2) is 14.2 Å². The number of likely N-dealkylation sites (N-methyl/N-ethyl adjacent to an activating group) is 1. The summed E-state index contributed by atoms with van der Waals surface area (Å²) in [6, 6.07) is 15.6. The molecule has 38 heavy (non-hydrogen) atoms. The smallest absolute Gasteiger partial charge is 0.335 e. The Bertz CT molecular complexity index is 1430. The van der Waals surface area contributed by atoms with Crippen molar-refractivity contribution in [3.8, 4) is 11.5 Å². The molecule has 0 unspecified atom stereocenters. The predicted molar refractivity (Wildman–Crippen MR) is 147 cm³/mol. The largest absolute Gasteiger partial charge is 0.490 e. The van der Waals surface area contributed by atoms with Gasteiger partial charge in [0, 0.05) is 6.54 Å². The molecule has 1 N–H and O–H groups in total. The molecule has 0 aromatic heterocycles. The lowest BCUT2D eigenvalue weighted by molar-refractivity contribution is -0.122. The van der Waals surface area contributed by atoms with Crippen molar-refractivity contribution in [1.82, 2.24) is 4.90 Å². The zero-order valence-electron chi connectivity index (χ0n) is 20.6. The van der Waals surface area contributed by atoms with Gasteiger partial charge >= 0.3 is 5.97 Å². The summed E-state index contributed by atoms with van der Waals surface area (Å²) in [4.78, 5) is 30.7. The van der Waals surface area contributed by atoms with Crippen LogP contribution in [0.3, 0.4) is 0 Å². The van der Waals surface area contributed by atoms with Crippen molar-refractivity contribution in [3.63, 3.8) is 0 Å². The highest BCUT2D eigenvalue weighted by Crippen LogP contribution is 2.40. The topological polar surface area (TPSA) is 88.4 Å². The number of benzene rings is 3. The molecule has 3 aromatic carbocycles. The summed E-state index contributed by atoms with van der Waals surface area (Å²) < 4.78 is 25.1. The lowest BCUT2D eigenvalue weighted by Crippen LogP contribution is -2.28. The first-order chi connectivity index (χ1) is 18.3. The molecule has 0 spiro atoms. The Morgan fingerprint density at radius 3 is 2.55 bits per heavy atom. The van der Waals surface area contributed by atoms with E-state index < -0.39 is 5.97 Å². The molecule has 1 saturated heterocycles. The van der Waals surface area contributed by atoms with Gasteiger partial charge in [-0.1, -0.05) is 23.7 Å². The molecule has 1 aliphatic rings. The normalized spacial score (nSPS) is 15.4. The zero-order chi connectivity index (χ0) is 27.2. The molecule has 0 aliphatic carbocycles. The van der Waals surface area contributed by atoms with Crippen LogP contribution < -0.4 is 9.47 Å². The molecule has 196 valence electrons. The molecule has 0 bridgehead atoms. The molecule has 10 heteroatoms. The van der Waals surface area contributed by atoms with Crippen LogP contribution >= 0.6 is 23.4 Å². The van der Waals surface area contributed by atoms with E-state index in [1.807, 2.05) is 13.8 Å². The summed E-state index contributed by atoms with van der Waals surface area (Å²) in [5.74, 6) is -0.861. The van der Waals surface area contributed by atoms with Gasteiger partial charge in [-0.3, -0.25) is 9.69 Å². The fraction of sp³-hybridized carbons (Fsp3) is 0.179. The number of thioether (sulfide) groups is 1. The van der Waals surface area contributed by atoms with Gasteiger partial charge in [0.15, 0.2) is 16.7 Å². The maximum Gasteiger partial charge on any atom is 0.335 e. The van der Waals surface area contributed by atoms with Gasteiger partial charge in [0.05, 0.1) is 27.8 Å². The van der Waals surface area contributed by atoms with E-state index in [0.717, 1.165) is 0 Å². The third kappa shape index (κ3) is 6.35. The lowest BCUT2D eigenvalue weighted by atomic mass is 10.1. The minimum atomic E-state index is -1.02. The van der Waals surface area contributed by atoms with Crippen molar-refractivity contribution in [2.45, 2.75) is 20.5 Å². The van der Waals surface area contributed by atoms with E-state index in [0.29, 0.717) is 51.5 Å². The molecular weight excluding hydrogens is 531 g/mol. The Hall–Kier alpha value is -3.82. The number of amidine groups is 1. The summed E-state index contributed by atoms with van der Waals surface area (Å²) in [6.45, 7) is 4.55. The first-order valence-electron chi connectivity index (χ1n) is 11.8. The third-order valence-electron chi connectivity index (χ3n) is 5.44. The molecule has 1 aliphatic heterocycles. The minimum Gasteiger partial charge on any atom is -0.490 e. The monoisotopic (exact) mass is 554 g/mol. The Labute approximate surface area is 228 Å². The van der Waals surface area contributed by atoms with Crippen molar-refractivity contribution in [1.29, 1.82) is 0 Å². The van der Waals surface area contributed by atoms with Gasteiger partial charge in [0.1, 0.15) is 12.4 Å². The zero-order valence-corrected chi connectivity index (χ0v) is 22.2. The standard InChI is InChI=1S/C28H24ClFN2O5S/c1-3-32-26(33)24(38-28(32)31-21-10-8-19(9-11-21)27(34)35)15-18-13-22(29)25(23(14-18)36-4-2)37-16-17-6-5-7-20(30)12-17/h5-15H,3-4,16H2,1-2H3,(H,34,35)/b24-15-,31-28?. The van der Waals surface area contributed by atoms with Crippen LogP contribution in [0.4, 0.5) is 10.1 Å². The van der Waals surface area contributed by atoms with Crippen LogP contribution in [0.1, 0.15) is 35.3 Å². The lowest BCUT2D eigenvalue weighted by Gasteiger charge is -2.15. The number of carbonyl (C=O) groups excluding carboxylic acids is 1. The van der Waals surface area contributed by atoms with E-state index >= 15 is 0 Å². The first-order valence-corrected chi connectivity index (χ1v) is 13.0. The summed E-state index contributed by atoms with van der Waals surface area (Å²) in [5.41, 5.74) is 1.97. The maximum absolute atomic E-state index is 13.5. The summed E-state index contributed by atoms with van der Waals surface area (Å²) in [5, 5.41) is 9.86. The molecule has 1 fully saturated rings. The highest BCUT2D eigenvalue weighted by Gasteiger charge is 2.32. The van der Waals surface area contributed by atoms with Crippen molar-refractivity contribution < 1.29 is 28.6 Å². The first kappa shape index (κ1) is 27.2. The van der Waals surface area contributed by atoms with Crippen LogP contribution in [0.25, 0.3) is 6.08 Å². The van der Waals surface area contributed by atoms with Crippen molar-refractivity contribution in [2.75, 3.05) is 13.2 Å². The average Bonchev–Trinajstić information content (AvgIpc) is 3.17. The van der Waals surface area contributed by atoms with E-state index in [-0.39, 0.29) is 28.9 Å². The summed E-state index contributed by atoms with van der Waals surface area (Å²) in [7, 11) is 0. The van der Waals surface area contributed by atoms with Crippen LogP contribution in [0.2, 0.25) is 5.02 Å². The number of rotatable bonds is 9. The van der Waals surface area contributed by atoms with Crippen LogP contribution in [0.5, 0.6) is 11.5 Å². The average molecular weight is 555 g/mol. The number of carboxylic acids is 1. The van der Waals surface area contributed by atoms with Gasteiger partial charge in [-0.05, 0) is 91.3 Å². The van der Waals surface area contributed by atoms with Gasteiger partial charge in [0.2, 0.25) is 0 Å². The number of carbonyl (C=O) groups is 2. The summed E-state index contributed by atoms with van der Waals surface area (Å²) >= 11 is 7.75. The molecule has 7 nitrogen and oxygen atoms in total. The highest BCUT2D eigenvalue weighted by molar-refractivity contribution is 8.18. The second kappa shape index (κ2) is 12.1. The number of aliphatic imine (C=N–C) groups is 1. The third-order valence-corrected chi connectivity index (χ3v) is 6.73. The van der Waals surface area contributed by atoms with Crippen molar-refractivity contribution in [3.05, 3.63) is 93.1 Å². The molecule has 1 heterocycles. The Balaban J connectivity index is 1.60. The molecule has 0 atom stereocenters. The van der Waals surface area contributed by atoms with E-state index in [2.05, 4.69) is 4.99 Å². The van der Waals surface area contributed by atoms with E-state index in [4.69, 9.17) is 26.2 Å². The molecule has 1 amide bonds. The number of halogens is 2. The van der Waals surface area contributed by atoms with Gasteiger partial charge in [-0.2, -0.15) is 0 Å². The fourth-order valence-corrected chi connectivity index (χ4v) is 5.00. The van der Waals surface area contributed by atoms with Gasteiger partial charge in [-0.15, -0.1) is 0 Å². The fourth-order valence-electron chi connectivity index (χ4n) is 3.67. The Kier molecular flexibility index (Phi) is 8.70. The van der Waals surface area contributed by atoms with Crippen LogP contribution in [0.15, 0.2) is 70.6 Å². The number of nitrogens with zero attached hydrogens (tertiary/aromatic N) is 2. The quantitative estimate of drug-likeness (QED) is 0.293. The Morgan fingerprint density at radius 1 is 1.13 bits per heavy atom. The van der Waals surface area contributed by atoms with Crippen molar-refractivity contribution in [2.24, 2.45) is 4.99 Å². The molecule has 4 rings (SSSR count). The number of amides is 1. The SMILES string of the molecule is CCOc1cc(/C=C2\SC(=Nc3ccc(C(=O)O)cc3)N(CC)C2=O)cc(Cl)c1OCc1cccc(F)c1. The number of hydrogen-bond donors (Lipinski definition) is 1. The minimum absolute atomic E-state index is 0.102. The van der Waals surface area contributed by atoms with E-state index in [9.17, 15) is 14.0 Å². The summed E-state index contributed by atoms with van der Waals surface area (Å²) in [6.07, 6.45) is 1.70. The highest BCUT2D eigenvalue weighted by atomic mass is 35.5. The second-order valence-electron chi connectivity index (χ2n) is 8.09. The molecule has 3 aromatic rings. The van der Waals surface area contributed by atoms with E-state index in [1.54, 1.807) is 47.4 Å². The number of ether oxygens (including phenoxy) is 2. The number of aromatic carboxylic acids is 1. The second-order valence-corrected chi connectivity index (χ2v) is 9.50. The van der Waals surface area contributed by atoms with E-state index in [1.165, 1.54) is 36.0 Å². The van der Waals surface area contributed by atoms with Crippen LogP contribution in [-0.4, -0.2) is 40.2 Å². The van der Waals surface area contributed by atoms with Gasteiger partial charge < -0.3 is 14.6 Å². The van der Waals surface area contributed by atoms with Crippen LogP contribution in [-0.2, 0) is 11.4 Å². The van der Waals surface area contributed by atoms with Gasteiger partial charge in [0.25, 0.3) is 5.91 Å². The molecule has 0 radical (unpaired) electrons. The molecular formula is C28H24ClFN2O5S. The Morgan fingerprint density at radius 2 is 1.89 bits per heavy atom. The number of carboxylic acid groups (broad SMARTS) is 1.